The van der Waals surface area contributed by atoms with E-state index in [4.69, 9.17) is 0 Å². The molecule has 0 amide bonds. The quantitative estimate of drug-likeness (QED) is 0.522. The maximum atomic E-state index is 3.43. The smallest absolute Gasteiger partial charge is 0.0233 e. The molecule has 0 bridgehead atoms. The van der Waals surface area contributed by atoms with Gasteiger partial charge in [0.2, 0.25) is 0 Å². The zero-order valence-corrected chi connectivity index (χ0v) is 6.49. The van der Waals surface area contributed by atoms with Crippen molar-refractivity contribution in [2.75, 3.05) is 0 Å². The predicted molar refractivity (Wildman–Crippen MR) is 40.2 cm³/mol. The van der Waals surface area contributed by atoms with Gasteiger partial charge in [-0.3, -0.25) is 0 Å². The average Bonchev–Trinajstić information content (AvgIpc) is 2.14. The SMILES string of the molecule is CC(C)=C1CCC(C)N1. The Morgan fingerprint density at radius 2 is 2.22 bits per heavy atom. The van der Waals surface area contributed by atoms with E-state index in [1.807, 2.05) is 0 Å². The molecule has 0 radical (unpaired) electrons. The molecule has 1 aliphatic rings. The van der Waals surface area contributed by atoms with Gasteiger partial charge in [-0.2, -0.15) is 0 Å². The monoisotopic (exact) mass is 125 g/mol. The minimum atomic E-state index is 0.704. The van der Waals surface area contributed by atoms with Gasteiger partial charge in [0, 0.05) is 11.7 Å². The van der Waals surface area contributed by atoms with Gasteiger partial charge in [-0.1, -0.05) is 5.57 Å². The van der Waals surface area contributed by atoms with Gasteiger partial charge in [0.05, 0.1) is 0 Å². The molecule has 1 atom stereocenters. The molecule has 9 heavy (non-hydrogen) atoms. The first-order valence-electron chi connectivity index (χ1n) is 3.63. The second-order valence-electron chi connectivity index (χ2n) is 3.06. The molecule has 1 heteroatoms. The van der Waals surface area contributed by atoms with E-state index in [0.29, 0.717) is 6.04 Å². The van der Waals surface area contributed by atoms with Crippen LogP contribution >= 0.6 is 0 Å². The minimum absolute atomic E-state index is 0.704. The van der Waals surface area contributed by atoms with Crippen LogP contribution in [0.1, 0.15) is 33.6 Å². The summed E-state index contributed by atoms with van der Waals surface area (Å²) in [6.07, 6.45) is 2.56. The van der Waals surface area contributed by atoms with Gasteiger partial charge in [0.15, 0.2) is 0 Å². The number of hydrogen-bond acceptors (Lipinski definition) is 1. The Balaban J connectivity index is 2.58. The van der Waals surface area contributed by atoms with Crippen LogP contribution in [0.2, 0.25) is 0 Å². The lowest BCUT2D eigenvalue weighted by molar-refractivity contribution is 0.679. The van der Waals surface area contributed by atoms with Crippen molar-refractivity contribution in [2.45, 2.75) is 39.7 Å². The first-order chi connectivity index (χ1) is 4.20. The van der Waals surface area contributed by atoms with Crippen LogP contribution in [0.4, 0.5) is 0 Å². The lowest BCUT2D eigenvalue weighted by atomic mass is 10.2. The highest BCUT2D eigenvalue weighted by Crippen LogP contribution is 2.17. The highest BCUT2D eigenvalue weighted by atomic mass is 14.9. The van der Waals surface area contributed by atoms with Crippen LogP contribution in [0, 0.1) is 0 Å². The van der Waals surface area contributed by atoms with Gasteiger partial charge in [0.25, 0.3) is 0 Å². The van der Waals surface area contributed by atoms with E-state index in [-0.39, 0.29) is 0 Å². The molecule has 0 aromatic carbocycles. The summed E-state index contributed by atoms with van der Waals surface area (Å²) in [5.74, 6) is 0. The number of rotatable bonds is 0. The van der Waals surface area contributed by atoms with Crippen LogP contribution < -0.4 is 5.32 Å². The highest BCUT2D eigenvalue weighted by Gasteiger charge is 2.13. The summed E-state index contributed by atoms with van der Waals surface area (Å²) in [6, 6.07) is 0.704. The number of nitrogens with one attached hydrogen (secondary N) is 1. The average molecular weight is 125 g/mol. The second-order valence-corrected chi connectivity index (χ2v) is 3.06. The normalized spacial score (nSPS) is 26.1. The Bertz CT molecular complexity index is 132. The molecule has 0 aromatic rings. The first kappa shape index (κ1) is 6.66. The molecule has 1 heterocycles. The fourth-order valence-electron chi connectivity index (χ4n) is 1.20. The number of hydrogen-bond donors (Lipinski definition) is 1. The van der Waals surface area contributed by atoms with Crippen molar-refractivity contribution < 1.29 is 0 Å². The fraction of sp³-hybridized carbons (Fsp3) is 0.750. The van der Waals surface area contributed by atoms with Crippen molar-refractivity contribution in [3.05, 3.63) is 11.3 Å². The Kier molecular flexibility index (Phi) is 1.79. The Hall–Kier alpha value is -0.460. The molecule has 1 fully saturated rings. The van der Waals surface area contributed by atoms with Gasteiger partial charge in [-0.15, -0.1) is 0 Å². The predicted octanol–water partition coefficient (Wildman–Crippen LogP) is 2.05. The van der Waals surface area contributed by atoms with Gasteiger partial charge in [-0.05, 0) is 33.6 Å². The van der Waals surface area contributed by atoms with Gasteiger partial charge in [0.1, 0.15) is 0 Å². The Morgan fingerprint density at radius 3 is 2.44 bits per heavy atom. The maximum Gasteiger partial charge on any atom is 0.0233 e. The van der Waals surface area contributed by atoms with Gasteiger partial charge < -0.3 is 5.32 Å². The van der Waals surface area contributed by atoms with Gasteiger partial charge >= 0.3 is 0 Å². The van der Waals surface area contributed by atoms with E-state index >= 15 is 0 Å². The van der Waals surface area contributed by atoms with Crippen molar-refractivity contribution in [1.29, 1.82) is 0 Å². The molecule has 1 aliphatic heterocycles. The van der Waals surface area contributed by atoms with Crippen molar-refractivity contribution in [2.24, 2.45) is 0 Å². The largest absolute Gasteiger partial charge is 0.386 e. The Labute approximate surface area is 57.1 Å². The van der Waals surface area contributed by atoms with Crippen molar-refractivity contribution in [3.63, 3.8) is 0 Å². The molecule has 0 spiro atoms. The fourth-order valence-corrected chi connectivity index (χ4v) is 1.20. The van der Waals surface area contributed by atoms with Crippen molar-refractivity contribution >= 4 is 0 Å². The first-order valence-corrected chi connectivity index (χ1v) is 3.63. The van der Waals surface area contributed by atoms with Crippen molar-refractivity contribution in [3.8, 4) is 0 Å². The molecule has 1 saturated heterocycles. The lowest BCUT2D eigenvalue weighted by Gasteiger charge is -2.03. The molecular formula is C8H15N. The zero-order valence-electron chi connectivity index (χ0n) is 6.49. The highest BCUT2D eigenvalue weighted by molar-refractivity contribution is 5.12. The molecule has 0 aromatic heterocycles. The second kappa shape index (κ2) is 2.42. The van der Waals surface area contributed by atoms with Crippen LogP contribution in [-0.4, -0.2) is 6.04 Å². The standard InChI is InChI=1S/C8H15N/c1-6(2)8-5-4-7(3)9-8/h7,9H,4-5H2,1-3H3. The summed E-state index contributed by atoms with van der Waals surface area (Å²) in [6.45, 7) is 6.57. The summed E-state index contributed by atoms with van der Waals surface area (Å²) in [7, 11) is 0. The van der Waals surface area contributed by atoms with Gasteiger partial charge in [-0.25, -0.2) is 0 Å². The number of allylic oxidation sites excluding steroid dienone is 2. The minimum Gasteiger partial charge on any atom is -0.386 e. The van der Waals surface area contributed by atoms with E-state index < -0.39 is 0 Å². The third-order valence-corrected chi connectivity index (χ3v) is 1.85. The molecule has 0 aliphatic carbocycles. The van der Waals surface area contributed by atoms with Crippen molar-refractivity contribution in [1.82, 2.24) is 5.32 Å². The third-order valence-electron chi connectivity index (χ3n) is 1.85. The molecule has 1 unspecified atom stereocenters. The molecular weight excluding hydrogens is 110 g/mol. The summed E-state index contributed by atoms with van der Waals surface area (Å²) in [5, 5.41) is 3.43. The molecule has 0 saturated carbocycles. The molecule has 52 valence electrons. The Morgan fingerprint density at radius 1 is 1.56 bits per heavy atom. The van der Waals surface area contributed by atoms with E-state index in [1.54, 1.807) is 0 Å². The summed E-state index contributed by atoms with van der Waals surface area (Å²) >= 11 is 0. The van der Waals surface area contributed by atoms with E-state index in [1.165, 1.54) is 24.1 Å². The zero-order chi connectivity index (χ0) is 6.85. The third kappa shape index (κ3) is 1.47. The van der Waals surface area contributed by atoms with E-state index in [9.17, 15) is 0 Å². The van der Waals surface area contributed by atoms with E-state index in [2.05, 4.69) is 26.1 Å². The molecule has 1 nitrogen and oxygen atoms in total. The van der Waals surface area contributed by atoms with Crippen LogP contribution in [0.25, 0.3) is 0 Å². The molecule has 1 rings (SSSR count). The summed E-state index contributed by atoms with van der Waals surface area (Å²) in [4.78, 5) is 0. The maximum absolute atomic E-state index is 3.43. The van der Waals surface area contributed by atoms with Crippen LogP contribution in [-0.2, 0) is 0 Å². The topological polar surface area (TPSA) is 12.0 Å². The summed E-state index contributed by atoms with van der Waals surface area (Å²) in [5.41, 5.74) is 2.90. The lowest BCUT2D eigenvalue weighted by Crippen LogP contribution is -2.15. The van der Waals surface area contributed by atoms with Crippen LogP contribution in [0.3, 0.4) is 0 Å². The van der Waals surface area contributed by atoms with E-state index in [0.717, 1.165) is 0 Å². The van der Waals surface area contributed by atoms with Crippen LogP contribution in [0.5, 0.6) is 0 Å². The summed E-state index contributed by atoms with van der Waals surface area (Å²) < 4.78 is 0. The molecule has 1 N–H and O–H groups in total. The van der Waals surface area contributed by atoms with Crippen LogP contribution in [0.15, 0.2) is 11.3 Å².